The minimum Gasteiger partial charge on any atom is -0.508 e. The highest BCUT2D eigenvalue weighted by Crippen LogP contribution is 2.30. The zero-order valence-electron chi connectivity index (χ0n) is 15.0. The largest absolute Gasteiger partial charge is 0.508 e. The van der Waals surface area contributed by atoms with Gasteiger partial charge in [0.05, 0.1) is 17.8 Å². The zero-order chi connectivity index (χ0) is 18.6. The van der Waals surface area contributed by atoms with Crippen molar-refractivity contribution in [1.29, 1.82) is 0 Å². The Kier molecular flexibility index (Phi) is 3.61. The predicted molar refractivity (Wildman–Crippen MR) is 97.4 cm³/mol. The molecule has 7 nitrogen and oxygen atoms in total. The number of aromatic hydroxyl groups is 1. The monoisotopic (exact) mass is 352 g/mol. The Hall–Kier alpha value is -3.09. The summed E-state index contributed by atoms with van der Waals surface area (Å²) in [5.74, 6) is 0.573. The van der Waals surface area contributed by atoms with Crippen LogP contribution in [0.25, 0.3) is 10.9 Å². The summed E-state index contributed by atoms with van der Waals surface area (Å²) in [5.41, 5.74) is 3.52. The maximum atomic E-state index is 13.3. The van der Waals surface area contributed by atoms with Gasteiger partial charge in [-0.2, -0.15) is 0 Å². The number of nitrogens with one attached hydrogen (secondary N) is 1. The van der Waals surface area contributed by atoms with Crippen LogP contribution in [-0.4, -0.2) is 37.0 Å². The van der Waals surface area contributed by atoms with E-state index in [9.17, 15) is 14.7 Å². The molecule has 0 saturated heterocycles. The third-order valence-electron chi connectivity index (χ3n) is 5.17. The van der Waals surface area contributed by atoms with Gasteiger partial charge in [0.25, 0.3) is 11.5 Å². The summed E-state index contributed by atoms with van der Waals surface area (Å²) in [6, 6.07) is 5.05. The molecule has 0 bridgehead atoms. The number of amides is 1. The second kappa shape index (κ2) is 5.72. The number of hydrogen-bond donors (Lipinski definition) is 2. The summed E-state index contributed by atoms with van der Waals surface area (Å²) in [4.78, 5) is 34.2. The van der Waals surface area contributed by atoms with Crippen LogP contribution in [0, 0.1) is 13.8 Å². The molecule has 1 aromatic carbocycles. The van der Waals surface area contributed by atoms with Gasteiger partial charge in [-0.1, -0.05) is 0 Å². The molecule has 26 heavy (non-hydrogen) atoms. The van der Waals surface area contributed by atoms with E-state index in [0.717, 1.165) is 16.6 Å². The van der Waals surface area contributed by atoms with Gasteiger partial charge in [-0.25, -0.2) is 4.98 Å². The van der Waals surface area contributed by atoms with Crippen molar-refractivity contribution < 1.29 is 9.90 Å². The standard InChI is InChI=1S/C19H20N4O3/c1-10-17(14-8-12(24)4-5-16(14)22(10)3)19(26)23-7-6-13-15(9-23)20-11(2)21-18(13)25/h4-5,8,24H,6-7,9H2,1-3H3,(H,20,21,25). The van der Waals surface area contributed by atoms with Gasteiger partial charge in [0.2, 0.25) is 0 Å². The van der Waals surface area contributed by atoms with Gasteiger partial charge in [-0.05, 0) is 38.5 Å². The topological polar surface area (TPSA) is 91.2 Å². The number of phenols is 1. The Labute approximate surface area is 149 Å². The third kappa shape index (κ3) is 2.39. The van der Waals surface area contributed by atoms with E-state index >= 15 is 0 Å². The number of phenolic OH excluding ortho intramolecular Hbond substituents is 1. The number of carbonyl (C=O) groups is 1. The zero-order valence-corrected chi connectivity index (χ0v) is 15.0. The van der Waals surface area contributed by atoms with E-state index in [-0.39, 0.29) is 17.2 Å². The molecule has 2 N–H and O–H groups in total. The summed E-state index contributed by atoms with van der Waals surface area (Å²) in [6.45, 7) is 4.41. The van der Waals surface area contributed by atoms with Gasteiger partial charge in [0.15, 0.2) is 0 Å². The second-order valence-corrected chi connectivity index (χ2v) is 6.77. The molecule has 3 aromatic rings. The Morgan fingerprint density at radius 1 is 1.31 bits per heavy atom. The third-order valence-corrected chi connectivity index (χ3v) is 5.17. The molecule has 0 aliphatic carbocycles. The number of nitrogens with zero attached hydrogens (tertiary/aromatic N) is 3. The fraction of sp³-hybridized carbons (Fsp3) is 0.316. The number of rotatable bonds is 1. The first-order valence-corrected chi connectivity index (χ1v) is 8.52. The molecule has 0 spiro atoms. The van der Waals surface area contributed by atoms with Crippen molar-refractivity contribution in [3.8, 4) is 5.75 Å². The molecule has 0 unspecified atom stereocenters. The maximum Gasteiger partial charge on any atom is 0.256 e. The van der Waals surface area contributed by atoms with Crippen molar-refractivity contribution >= 4 is 16.8 Å². The van der Waals surface area contributed by atoms with E-state index in [1.807, 2.05) is 24.6 Å². The highest BCUT2D eigenvalue weighted by atomic mass is 16.3. The van der Waals surface area contributed by atoms with Crippen LogP contribution < -0.4 is 5.56 Å². The number of fused-ring (bicyclic) bond motifs is 2. The minimum absolute atomic E-state index is 0.107. The molecule has 2 aromatic heterocycles. The first-order chi connectivity index (χ1) is 12.4. The first kappa shape index (κ1) is 16.4. The first-order valence-electron chi connectivity index (χ1n) is 8.52. The predicted octanol–water partition coefficient (Wildman–Crippen LogP) is 1.78. The van der Waals surface area contributed by atoms with E-state index < -0.39 is 0 Å². The number of hydrogen-bond acceptors (Lipinski definition) is 4. The van der Waals surface area contributed by atoms with Crippen molar-refractivity contribution in [2.45, 2.75) is 26.8 Å². The van der Waals surface area contributed by atoms with Gasteiger partial charge in [-0.3, -0.25) is 9.59 Å². The lowest BCUT2D eigenvalue weighted by Crippen LogP contribution is -2.39. The Balaban J connectivity index is 1.78. The fourth-order valence-corrected chi connectivity index (χ4v) is 3.73. The molecular formula is C19H20N4O3. The lowest BCUT2D eigenvalue weighted by Gasteiger charge is -2.28. The van der Waals surface area contributed by atoms with E-state index in [2.05, 4.69) is 9.97 Å². The van der Waals surface area contributed by atoms with Gasteiger partial charge < -0.3 is 19.6 Å². The van der Waals surface area contributed by atoms with Crippen LogP contribution in [0.5, 0.6) is 5.75 Å². The van der Waals surface area contributed by atoms with Crippen LogP contribution in [-0.2, 0) is 20.0 Å². The van der Waals surface area contributed by atoms with Gasteiger partial charge in [0, 0.05) is 35.8 Å². The SMILES string of the molecule is Cc1nc2c(c(=O)[nH]1)CCN(C(=O)c1c(C)n(C)c3ccc(O)cc13)C2. The normalized spacial score (nSPS) is 13.9. The summed E-state index contributed by atoms with van der Waals surface area (Å²) in [6.07, 6.45) is 0.485. The summed E-state index contributed by atoms with van der Waals surface area (Å²) < 4.78 is 1.95. The number of carbonyl (C=O) groups excluding carboxylic acids is 1. The van der Waals surface area contributed by atoms with E-state index in [1.54, 1.807) is 24.0 Å². The molecule has 1 amide bonds. The van der Waals surface area contributed by atoms with Gasteiger partial charge in [-0.15, -0.1) is 0 Å². The summed E-state index contributed by atoms with van der Waals surface area (Å²) in [7, 11) is 1.90. The molecule has 1 aliphatic rings. The highest BCUT2D eigenvalue weighted by Gasteiger charge is 2.28. The molecular weight excluding hydrogens is 332 g/mol. The van der Waals surface area contributed by atoms with Crippen molar-refractivity contribution in [1.82, 2.24) is 19.4 Å². The number of H-pyrrole nitrogens is 1. The molecule has 0 radical (unpaired) electrons. The van der Waals surface area contributed by atoms with Crippen LogP contribution in [0.15, 0.2) is 23.0 Å². The Morgan fingerprint density at radius 2 is 2.08 bits per heavy atom. The van der Waals surface area contributed by atoms with E-state index in [0.29, 0.717) is 42.2 Å². The molecule has 0 saturated carbocycles. The average Bonchev–Trinajstić information content (AvgIpc) is 2.84. The summed E-state index contributed by atoms with van der Waals surface area (Å²) in [5, 5.41) is 10.6. The summed E-state index contributed by atoms with van der Waals surface area (Å²) >= 11 is 0. The van der Waals surface area contributed by atoms with Gasteiger partial charge >= 0.3 is 0 Å². The van der Waals surface area contributed by atoms with Gasteiger partial charge in [0.1, 0.15) is 11.6 Å². The molecule has 4 rings (SSSR count). The lowest BCUT2D eigenvalue weighted by molar-refractivity contribution is 0.0732. The second-order valence-electron chi connectivity index (χ2n) is 6.77. The van der Waals surface area contributed by atoms with Crippen LogP contribution in [0.3, 0.4) is 0 Å². The van der Waals surface area contributed by atoms with Crippen molar-refractivity contribution in [2.75, 3.05) is 6.54 Å². The van der Waals surface area contributed by atoms with Crippen molar-refractivity contribution in [2.24, 2.45) is 7.05 Å². The molecule has 7 heteroatoms. The Morgan fingerprint density at radius 3 is 2.85 bits per heavy atom. The number of aromatic amines is 1. The molecule has 134 valence electrons. The van der Waals surface area contributed by atoms with Crippen LogP contribution >= 0.6 is 0 Å². The smallest absolute Gasteiger partial charge is 0.256 e. The maximum absolute atomic E-state index is 13.3. The lowest BCUT2D eigenvalue weighted by atomic mass is 10.0. The molecule has 1 aliphatic heterocycles. The van der Waals surface area contributed by atoms with Crippen LogP contribution in [0.4, 0.5) is 0 Å². The number of benzene rings is 1. The average molecular weight is 352 g/mol. The van der Waals surface area contributed by atoms with Crippen LogP contribution in [0.1, 0.15) is 33.1 Å². The minimum atomic E-state index is -0.120. The molecule has 0 fully saturated rings. The Bertz CT molecular complexity index is 1110. The highest BCUT2D eigenvalue weighted by molar-refractivity contribution is 6.08. The molecule has 0 atom stereocenters. The van der Waals surface area contributed by atoms with E-state index in [4.69, 9.17) is 0 Å². The number of aromatic nitrogens is 3. The van der Waals surface area contributed by atoms with Crippen LogP contribution in [0.2, 0.25) is 0 Å². The van der Waals surface area contributed by atoms with E-state index in [1.165, 1.54) is 0 Å². The van der Waals surface area contributed by atoms with Crippen molar-refractivity contribution in [3.63, 3.8) is 0 Å². The quantitative estimate of drug-likeness (QED) is 0.698. The number of aryl methyl sites for hydroxylation is 2. The molecule has 3 heterocycles. The van der Waals surface area contributed by atoms with Crippen molar-refractivity contribution in [3.05, 3.63) is 56.9 Å². The fourth-order valence-electron chi connectivity index (χ4n) is 3.73.